The summed E-state index contributed by atoms with van der Waals surface area (Å²) >= 11 is 1.46. The average molecular weight is 240 g/mol. The summed E-state index contributed by atoms with van der Waals surface area (Å²) in [5, 5.41) is 1.92. The summed E-state index contributed by atoms with van der Waals surface area (Å²) in [5.41, 5.74) is 3.15. The van der Waals surface area contributed by atoms with E-state index in [1.807, 2.05) is 29.6 Å². The molecule has 3 nitrogen and oxygen atoms in total. The average Bonchev–Trinajstić information content (AvgIpc) is 2.94. The summed E-state index contributed by atoms with van der Waals surface area (Å²) in [7, 11) is 0. The molecule has 3 aromatic rings. The second kappa shape index (κ2) is 3.05. The zero-order valence-corrected chi connectivity index (χ0v) is 9.70. The lowest BCUT2D eigenvalue weighted by atomic mass is 10.1. The molecule has 0 aliphatic carbocycles. The maximum atomic E-state index is 12.3. The summed E-state index contributed by atoms with van der Waals surface area (Å²) in [5.74, 6) is 0.802. The standard InChI is InChI=1S/C13H8N2OS/c16-13-11-10(5-6-17-11)14-12-9-4-2-1-3-8(9)7-15(12)13/h1-6H,7H2. The van der Waals surface area contributed by atoms with E-state index in [9.17, 15) is 4.79 Å². The fourth-order valence-corrected chi connectivity index (χ4v) is 3.12. The molecule has 1 aliphatic rings. The largest absolute Gasteiger partial charge is 0.287 e. The molecular formula is C13H8N2OS. The van der Waals surface area contributed by atoms with Crippen molar-refractivity contribution in [2.24, 2.45) is 0 Å². The topological polar surface area (TPSA) is 34.9 Å². The number of benzene rings is 1. The molecule has 0 saturated carbocycles. The van der Waals surface area contributed by atoms with Crippen LogP contribution in [-0.4, -0.2) is 9.55 Å². The number of rotatable bonds is 0. The molecule has 0 amide bonds. The van der Waals surface area contributed by atoms with Crippen LogP contribution >= 0.6 is 11.3 Å². The molecule has 2 aromatic heterocycles. The van der Waals surface area contributed by atoms with Gasteiger partial charge in [0.15, 0.2) is 0 Å². The van der Waals surface area contributed by atoms with Crippen LogP contribution in [0.2, 0.25) is 0 Å². The third kappa shape index (κ3) is 1.10. The van der Waals surface area contributed by atoms with Crippen LogP contribution in [0.3, 0.4) is 0 Å². The number of aromatic nitrogens is 2. The van der Waals surface area contributed by atoms with Gasteiger partial charge >= 0.3 is 0 Å². The van der Waals surface area contributed by atoms with Crippen LogP contribution < -0.4 is 5.56 Å². The first-order valence-corrected chi connectivity index (χ1v) is 6.29. The smallest absolute Gasteiger partial charge is 0.272 e. The second-order valence-corrected chi connectivity index (χ2v) is 5.03. The maximum Gasteiger partial charge on any atom is 0.272 e. The van der Waals surface area contributed by atoms with Crippen molar-refractivity contribution >= 4 is 21.6 Å². The van der Waals surface area contributed by atoms with Crippen LogP contribution in [0.25, 0.3) is 21.6 Å². The maximum absolute atomic E-state index is 12.3. The van der Waals surface area contributed by atoms with Crippen molar-refractivity contribution in [2.75, 3.05) is 0 Å². The Balaban J connectivity index is 2.18. The van der Waals surface area contributed by atoms with E-state index in [4.69, 9.17) is 0 Å². The summed E-state index contributed by atoms with van der Waals surface area (Å²) in [6.07, 6.45) is 0. The summed E-state index contributed by atoms with van der Waals surface area (Å²) in [6, 6.07) is 9.97. The van der Waals surface area contributed by atoms with Gasteiger partial charge in [0.25, 0.3) is 5.56 Å². The Morgan fingerprint density at radius 2 is 2.12 bits per heavy atom. The van der Waals surface area contributed by atoms with Crippen LogP contribution in [0.5, 0.6) is 0 Å². The first-order valence-electron chi connectivity index (χ1n) is 5.41. The minimum atomic E-state index is 0.0798. The molecule has 0 atom stereocenters. The zero-order chi connectivity index (χ0) is 11.4. The molecule has 0 N–H and O–H groups in total. The van der Waals surface area contributed by atoms with E-state index < -0.39 is 0 Å². The van der Waals surface area contributed by atoms with Crippen molar-refractivity contribution in [3.05, 3.63) is 51.6 Å². The van der Waals surface area contributed by atoms with Gasteiger partial charge in [-0.3, -0.25) is 9.36 Å². The Hall–Kier alpha value is -1.94. The van der Waals surface area contributed by atoms with E-state index in [1.54, 1.807) is 4.57 Å². The first kappa shape index (κ1) is 9.13. The van der Waals surface area contributed by atoms with Gasteiger partial charge in [0.2, 0.25) is 0 Å². The highest BCUT2D eigenvalue weighted by Crippen LogP contribution is 2.30. The first-order chi connectivity index (χ1) is 8.34. The number of fused-ring (bicyclic) bond motifs is 4. The Kier molecular flexibility index (Phi) is 1.64. The van der Waals surface area contributed by atoms with Crippen molar-refractivity contribution in [1.29, 1.82) is 0 Å². The van der Waals surface area contributed by atoms with E-state index in [2.05, 4.69) is 11.1 Å². The third-order valence-corrected chi connectivity index (χ3v) is 4.04. The molecule has 3 heterocycles. The van der Waals surface area contributed by atoms with Crippen LogP contribution in [0.15, 0.2) is 40.5 Å². The molecule has 1 aliphatic heterocycles. The van der Waals surface area contributed by atoms with Crippen molar-refractivity contribution in [2.45, 2.75) is 6.54 Å². The molecular weight excluding hydrogens is 232 g/mol. The number of nitrogens with zero attached hydrogens (tertiary/aromatic N) is 2. The van der Waals surface area contributed by atoms with Crippen molar-refractivity contribution in [3.63, 3.8) is 0 Å². The van der Waals surface area contributed by atoms with Crippen molar-refractivity contribution < 1.29 is 0 Å². The van der Waals surface area contributed by atoms with E-state index in [0.717, 1.165) is 21.6 Å². The van der Waals surface area contributed by atoms with Gasteiger partial charge in [0.05, 0.1) is 12.1 Å². The lowest BCUT2D eigenvalue weighted by molar-refractivity contribution is 0.798. The molecule has 17 heavy (non-hydrogen) atoms. The number of hydrogen-bond acceptors (Lipinski definition) is 3. The predicted octanol–water partition coefficient (Wildman–Crippen LogP) is 2.49. The highest BCUT2D eigenvalue weighted by atomic mass is 32.1. The number of hydrogen-bond donors (Lipinski definition) is 0. The van der Waals surface area contributed by atoms with Gasteiger partial charge in [-0.15, -0.1) is 11.3 Å². The quantitative estimate of drug-likeness (QED) is 0.473. The Bertz CT molecular complexity index is 801. The molecule has 4 rings (SSSR count). The normalized spacial score (nSPS) is 12.7. The minimum absolute atomic E-state index is 0.0798. The van der Waals surface area contributed by atoms with Gasteiger partial charge in [-0.2, -0.15) is 0 Å². The number of thiophene rings is 1. The van der Waals surface area contributed by atoms with E-state index in [1.165, 1.54) is 16.9 Å². The van der Waals surface area contributed by atoms with Gasteiger partial charge < -0.3 is 0 Å². The Labute approximate surface area is 101 Å². The van der Waals surface area contributed by atoms with E-state index in [0.29, 0.717) is 6.54 Å². The molecule has 4 heteroatoms. The SMILES string of the molecule is O=c1c2sccc2nc2n1Cc1ccccc1-2. The third-order valence-electron chi connectivity index (χ3n) is 3.15. The van der Waals surface area contributed by atoms with E-state index in [-0.39, 0.29) is 5.56 Å². The highest BCUT2D eigenvalue weighted by Gasteiger charge is 2.21. The highest BCUT2D eigenvalue weighted by molar-refractivity contribution is 7.17. The molecule has 0 unspecified atom stereocenters. The molecule has 0 radical (unpaired) electrons. The van der Waals surface area contributed by atoms with Crippen molar-refractivity contribution in [3.8, 4) is 11.4 Å². The monoisotopic (exact) mass is 240 g/mol. The molecule has 0 bridgehead atoms. The Morgan fingerprint density at radius 3 is 3.06 bits per heavy atom. The summed E-state index contributed by atoms with van der Waals surface area (Å²) in [6.45, 7) is 0.644. The fraction of sp³-hybridized carbons (Fsp3) is 0.0769. The van der Waals surface area contributed by atoms with E-state index >= 15 is 0 Å². The van der Waals surface area contributed by atoms with Crippen LogP contribution in [0.1, 0.15) is 5.56 Å². The van der Waals surface area contributed by atoms with Gasteiger partial charge in [-0.05, 0) is 17.0 Å². The zero-order valence-electron chi connectivity index (χ0n) is 8.88. The lowest BCUT2D eigenvalue weighted by Gasteiger charge is -2.01. The predicted molar refractivity (Wildman–Crippen MR) is 68.4 cm³/mol. The molecule has 0 saturated heterocycles. The van der Waals surface area contributed by atoms with Gasteiger partial charge in [-0.1, -0.05) is 24.3 Å². The second-order valence-electron chi connectivity index (χ2n) is 4.12. The van der Waals surface area contributed by atoms with Gasteiger partial charge in [0.1, 0.15) is 10.5 Å². The van der Waals surface area contributed by atoms with Crippen LogP contribution in [-0.2, 0) is 6.54 Å². The minimum Gasteiger partial charge on any atom is -0.287 e. The van der Waals surface area contributed by atoms with Gasteiger partial charge in [0, 0.05) is 5.56 Å². The molecule has 82 valence electrons. The molecule has 1 aromatic carbocycles. The Morgan fingerprint density at radius 1 is 1.24 bits per heavy atom. The van der Waals surface area contributed by atoms with Crippen LogP contribution in [0.4, 0.5) is 0 Å². The van der Waals surface area contributed by atoms with Crippen LogP contribution in [0, 0.1) is 0 Å². The van der Waals surface area contributed by atoms with Gasteiger partial charge in [-0.25, -0.2) is 4.98 Å². The lowest BCUT2D eigenvalue weighted by Crippen LogP contribution is -2.19. The molecule has 0 fully saturated rings. The fourth-order valence-electron chi connectivity index (χ4n) is 2.34. The summed E-state index contributed by atoms with van der Waals surface area (Å²) < 4.78 is 2.52. The summed E-state index contributed by atoms with van der Waals surface area (Å²) in [4.78, 5) is 16.9. The molecule has 0 spiro atoms. The van der Waals surface area contributed by atoms with Crippen molar-refractivity contribution in [1.82, 2.24) is 9.55 Å².